The van der Waals surface area contributed by atoms with E-state index in [9.17, 15) is 0 Å². The first-order valence-electron chi connectivity index (χ1n) is 13.1. The molecular formula is C32H49. The van der Waals surface area contributed by atoms with Gasteiger partial charge >= 0.3 is 0 Å². The number of rotatable bonds is 13. The van der Waals surface area contributed by atoms with Gasteiger partial charge in [0.05, 0.1) is 0 Å². The highest BCUT2D eigenvalue weighted by Crippen LogP contribution is 2.63. The second kappa shape index (κ2) is 11.5. The zero-order valence-electron chi connectivity index (χ0n) is 22.3. The van der Waals surface area contributed by atoms with Gasteiger partial charge in [-0.3, -0.25) is 0 Å². The smallest absolute Gasteiger partial charge is 0.0312 e. The Hall–Kier alpha value is -1.56. The summed E-state index contributed by atoms with van der Waals surface area (Å²) in [7, 11) is 0. The van der Waals surface area contributed by atoms with E-state index in [0.29, 0.717) is 5.92 Å². The van der Waals surface area contributed by atoms with Crippen LogP contribution in [0.3, 0.4) is 0 Å². The monoisotopic (exact) mass is 433 g/mol. The third kappa shape index (κ3) is 5.16. The van der Waals surface area contributed by atoms with Crippen molar-refractivity contribution in [3.63, 3.8) is 0 Å². The molecule has 0 spiro atoms. The van der Waals surface area contributed by atoms with Crippen LogP contribution >= 0.6 is 0 Å². The Morgan fingerprint density at radius 2 is 1.12 bits per heavy atom. The van der Waals surface area contributed by atoms with Crippen molar-refractivity contribution in [1.29, 1.82) is 0 Å². The van der Waals surface area contributed by atoms with Crippen molar-refractivity contribution in [2.75, 3.05) is 0 Å². The predicted molar refractivity (Wildman–Crippen MR) is 143 cm³/mol. The highest BCUT2D eigenvalue weighted by atomic mass is 14.6. The van der Waals surface area contributed by atoms with Crippen molar-refractivity contribution in [3.8, 4) is 0 Å². The molecule has 1 radical (unpaired) electrons. The molecule has 0 nitrogen and oxygen atoms in total. The fraction of sp³-hybridized carbons (Fsp3) is 0.594. The Bertz CT molecular complexity index is 727. The first-order valence-corrected chi connectivity index (χ1v) is 13.1. The summed E-state index contributed by atoms with van der Waals surface area (Å²) < 4.78 is 0. The van der Waals surface area contributed by atoms with Crippen LogP contribution in [-0.4, -0.2) is 0 Å². The molecule has 32 heavy (non-hydrogen) atoms. The molecule has 0 aliphatic heterocycles. The van der Waals surface area contributed by atoms with Gasteiger partial charge in [0.25, 0.3) is 0 Å². The van der Waals surface area contributed by atoms with Gasteiger partial charge in [-0.1, -0.05) is 161 Å². The van der Waals surface area contributed by atoms with Crippen molar-refractivity contribution >= 4 is 0 Å². The fourth-order valence-corrected chi connectivity index (χ4v) is 6.15. The van der Waals surface area contributed by atoms with E-state index >= 15 is 0 Å². The van der Waals surface area contributed by atoms with Crippen molar-refractivity contribution in [2.45, 2.75) is 106 Å². The van der Waals surface area contributed by atoms with Gasteiger partial charge in [-0.2, -0.15) is 0 Å². The SMILES string of the molecule is CCCCCCCCC(C)C(C)(C)C(c1ccccc1)(c1ccccc1)C(C)(C)[C](C)C. The minimum absolute atomic E-state index is 0.00536. The molecule has 0 aliphatic carbocycles. The largest absolute Gasteiger partial charge is 0.0654 e. The van der Waals surface area contributed by atoms with E-state index in [-0.39, 0.29) is 16.2 Å². The van der Waals surface area contributed by atoms with E-state index in [2.05, 4.69) is 116 Å². The van der Waals surface area contributed by atoms with Gasteiger partial charge in [-0.25, -0.2) is 0 Å². The van der Waals surface area contributed by atoms with Crippen LogP contribution in [0.25, 0.3) is 0 Å². The maximum atomic E-state index is 2.54. The van der Waals surface area contributed by atoms with Gasteiger partial charge in [0, 0.05) is 5.41 Å². The molecule has 0 amide bonds. The van der Waals surface area contributed by atoms with Crippen LogP contribution < -0.4 is 0 Å². The van der Waals surface area contributed by atoms with Gasteiger partial charge in [0.1, 0.15) is 0 Å². The summed E-state index contributed by atoms with van der Waals surface area (Å²) in [5, 5.41) is 0. The molecule has 0 saturated carbocycles. The Labute approximate surface area is 200 Å². The Balaban J connectivity index is 2.57. The third-order valence-electron chi connectivity index (χ3n) is 8.79. The van der Waals surface area contributed by atoms with E-state index in [4.69, 9.17) is 0 Å². The van der Waals surface area contributed by atoms with E-state index < -0.39 is 0 Å². The van der Waals surface area contributed by atoms with Crippen molar-refractivity contribution < 1.29 is 0 Å². The van der Waals surface area contributed by atoms with Crippen LogP contribution in [0.4, 0.5) is 0 Å². The molecule has 2 aromatic rings. The minimum Gasteiger partial charge on any atom is -0.0654 e. The zero-order chi connectivity index (χ0) is 23.8. The lowest BCUT2D eigenvalue weighted by atomic mass is 9.42. The zero-order valence-corrected chi connectivity index (χ0v) is 22.3. The quantitative estimate of drug-likeness (QED) is 0.276. The van der Waals surface area contributed by atoms with Crippen molar-refractivity contribution in [2.24, 2.45) is 16.7 Å². The average Bonchev–Trinajstić information content (AvgIpc) is 2.77. The molecule has 2 aromatic carbocycles. The molecule has 0 aliphatic rings. The fourth-order valence-electron chi connectivity index (χ4n) is 6.15. The Morgan fingerprint density at radius 3 is 1.56 bits per heavy atom. The lowest BCUT2D eigenvalue weighted by Crippen LogP contribution is -2.57. The molecular weight excluding hydrogens is 384 g/mol. The van der Waals surface area contributed by atoms with Crippen LogP contribution in [0.2, 0.25) is 0 Å². The second-order valence-electron chi connectivity index (χ2n) is 11.3. The van der Waals surface area contributed by atoms with Crippen LogP contribution in [-0.2, 0) is 5.41 Å². The summed E-state index contributed by atoms with van der Waals surface area (Å²) >= 11 is 0. The number of hydrogen-bond donors (Lipinski definition) is 0. The molecule has 0 heteroatoms. The van der Waals surface area contributed by atoms with Crippen molar-refractivity contribution in [3.05, 3.63) is 77.7 Å². The third-order valence-corrected chi connectivity index (χ3v) is 8.79. The van der Waals surface area contributed by atoms with Crippen LogP contribution in [0.15, 0.2) is 60.7 Å². The summed E-state index contributed by atoms with van der Waals surface area (Å²) in [6, 6.07) is 22.7. The maximum absolute atomic E-state index is 2.54. The van der Waals surface area contributed by atoms with Crippen LogP contribution in [0, 0.1) is 22.7 Å². The molecule has 177 valence electrons. The van der Waals surface area contributed by atoms with Crippen LogP contribution in [0.1, 0.15) is 111 Å². The summed E-state index contributed by atoms with van der Waals surface area (Å²) in [5.41, 5.74) is 2.83. The molecule has 0 heterocycles. The first-order chi connectivity index (χ1) is 15.1. The maximum Gasteiger partial charge on any atom is 0.0312 e. The van der Waals surface area contributed by atoms with Gasteiger partial charge in [0.2, 0.25) is 0 Å². The van der Waals surface area contributed by atoms with E-state index in [0.717, 1.165) is 0 Å². The normalized spacial score (nSPS) is 14.0. The van der Waals surface area contributed by atoms with E-state index in [1.54, 1.807) is 0 Å². The molecule has 1 unspecified atom stereocenters. The molecule has 0 N–H and O–H groups in total. The highest BCUT2D eigenvalue weighted by Gasteiger charge is 2.59. The van der Waals surface area contributed by atoms with Gasteiger partial charge < -0.3 is 0 Å². The summed E-state index contributed by atoms with van der Waals surface area (Å²) in [6.07, 6.45) is 9.48. The Kier molecular flexibility index (Phi) is 9.62. The molecule has 0 aromatic heterocycles. The topological polar surface area (TPSA) is 0 Å². The van der Waals surface area contributed by atoms with E-state index in [1.165, 1.54) is 62.0 Å². The molecule has 0 fully saturated rings. The molecule has 1 atom stereocenters. The molecule has 2 rings (SSSR count). The second-order valence-corrected chi connectivity index (χ2v) is 11.3. The number of unbranched alkanes of at least 4 members (excludes halogenated alkanes) is 5. The number of benzene rings is 2. The first kappa shape index (κ1) is 26.7. The van der Waals surface area contributed by atoms with E-state index in [1.807, 2.05) is 0 Å². The average molecular weight is 434 g/mol. The van der Waals surface area contributed by atoms with Gasteiger partial charge in [-0.05, 0) is 33.8 Å². The summed E-state index contributed by atoms with van der Waals surface area (Å²) in [5.74, 6) is 2.10. The summed E-state index contributed by atoms with van der Waals surface area (Å²) in [4.78, 5) is 0. The highest BCUT2D eigenvalue weighted by molar-refractivity contribution is 5.47. The lowest BCUT2D eigenvalue weighted by Gasteiger charge is -2.61. The molecule has 0 bridgehead atoms. The standard InChI is InChI=1S/C32H49/c1-9-10-11-12-13-16-21-27(4)31(7,8)32(30(5,6)26(2)3,28-22-17-14-18-23-28)29-24-19-15-20-25-29/h14-15,17-20,22-25,27H,9-13,16,21H2,1-8H3. The summed E-state index contributed by atoms with van der Waals surface area (Å²) in [6.45, 7) is 19.5. The lowest BCUT2D eigenvalue weighted by molar-refractivity contribution is 0.0225. The van der Waals surface area contributed by atoms with Gasteiger partial charge in [0.15, 0.2) is 0 Å². The number of hydrogen-bond acceptors (Lipinski definition) is 0. The van der Waals surface area contributed by atoms with Crippen molar-refractivity contribution in [1.82, 2.24) is 0 Å². The van der Waals surface area contributed by atoms with Crippen LogP contribution in [0.5, 0.6) is 0 Å². The van der Waals surface area contributed by atoms with Gasteiger partial charge in [-0.15, -0.1) is 0 Å². The predicted octanol–water partition coefficient (Wildman–Crippen LogP) is 10.0. The minimum atomic E-state index is -0.122. The molecule has 0 saturated heterocycles. The Morgan fingerprint density at radius 1 is 0.688 bits per heavy atom.